The van der Waals surface area contributed by atoms with Crippen molar-refractivity contribution in [2.24, 2.45) is 0 Å². The van der Waals surface area contributed by atoms with Crippen molar-refractivity contribution in [2.75, 3.05) is 14.2 Å². The quantitative estimate of drug-likeness (QED) is 0.919. The molecule has 0 aliphatic rings. The Morgan fingerprint density at radius 1 is 1.27 bits per heavy atom. The summed E-state index contributed by atoms with van der Waals surface area (Å²) in [5, 5.41) is 9.76. The topological polar surface area (TPSA) is 38.7 Å². The standard InChI is InChI=1S/C11H15BrO3/c1-6(2)7-5-8(14-3)10(13)9(12)11(7)15-4/h5-6,13H,1-4H3. The maximum atomic E-state index is 9.76. The van der Waals surface area contributed by atoms with Crippen LogP contribution in [0.25, 0.3) is 0 Å². The minimum atomic E-state index is 0.0683. The van der Waals surface area contributed by atoms with Crippen molar-refractivity contribution >= 4 is 15.9 Å². The number of phenols is 1. The lowest BCUT2D eigenvalue weighted by atomic mass is 10.0. The molecule has 1 aromatic carbocycles. The van der Waals surface area contributed by atoms with Crippen molar-refractivity contribution in [3.63, 3.8) is 0 Å². The highest BCUT2D eigenvalue weighted by molar-refractivity contribution is 9.10. The van der Waals surface area contributed by atoms with Crippen LogP contribution in [-0.4, -0.2) is 19.3 Å². The van der Waals surface area contributed by atoms with E-state index in [9.17, 15) is 5.11 Å². The Hall–Kier alpha value is -0.900. The molecule has 0 bridgehead atoms. The molecule has 0 saturated heterocycles. The number of hydrogen-bond donors (Lipinski definition) is 1. The minimum absolute atomic E-state index is 0.0683. The second kappa shape index (κ2) is 4.75. The van der Waals surface area contributed by atoms with Gasteiger partial charge in [-0.25, -0.2) is 0 Å². The predicted octanol–water partition coefficient (Wildman–Crippen LogP) is 3.30. The average molecular weight is 275 g/mol. The van der Waals surface area contributed by atoms with Crippen molar-refractivity contribution in [3.05, 3.63) is 16.1 Å². The Bertz CT molecular complexity index is 361. The van der Waals surface area contributed by atoms with E-state index in [0.717, 1.165) is 5.56 Å². The minimum Gasteiger partial charge on any atom is -0.503 e. The molecule has 0 aromatic heterocycles. The molecule has 0 saturated carbocycles. The van der Waals surface area contributed by atoms with Gasteiger partial charge < -0.3 is 14.6 Å². The molecule has 1 N–H and O–H groups in total. The van der Waals surface area contributed by atoms with E-state index in [2.05, 4.69) is 29.8 Å². The molecule has 0 fully saturated rings. The van der Waals surface area contributed by atoms with Crippen LogP contribution in [0.2, 0.25) is 0 Å². The van der Waals surface area contributed by atoms with Gasteiger partial charge in [0.15, 0.2) is 11.5 Å². The first-order valence-electron chi connectivity index (χ1n) is 4.66. The summed E-state index contributed by atoms with van der Waals surface area (Å²) in [6.07, 6.45) is 0. The molecule has 0 spiro atoms. The van der Waals surface area contributed by atoms with E-state index < -0.39 is 0 Å². The normalized spacial score (nSPS) is 10.5. The summed E-state index contributed by atoms with van der Waals surface area (Å²) in [5.74, 6) is 1.47. The summed E-state index contributed by atoms with van der Waals surface area (Å²) in [4.78, 5) is 0. The van der Waals surface area contributed by atoms with Gasteiger partial charge >= 0.3 is 0 Å². The Morgan fingerprint density at radius 3 is 2.27 bits per heavy atom. The number of ether oxygens (including phenoxy) is 2. The average Bonchev–Trinajstić information content (AvgIpc) is 2.21. The Balaban J connectivity index is 3.44. The molecule has 4 heteroatoms. The lowest BCUT2D eigenvalue weighted by Gasteiger charge is -2.16. The van der Waals surface area contributed by atoms with Gasteiger partial charge in [-0.15, -0.1) is 0 Å². The second-order valence-electron chi connectivity index (χ2n) is 3.52. The van der Waals surface area contributed by atoms with Crippen LogP contribution in [0.1, 0.15) is 25.3 Å². The molecule has 0 atom stereocenters. The molecule has 0 aliphatic carbocycles. The third kappa shape index (κ3) is 2.20. The van der Waals surface area contributed by atoms with Gasteiger partial charge in [-0.05, 0) is 27.9 Å². The third-order valence-corrected chi connectivity index (χ3v) is 2.97. The summed E-state index contributed by atoms with van der Waals surface area (Å²) in [7, 11) is 3.11. The molecular formula is C11H15BrO3. The van der Waals surface area contributed by atoms with Gasteiger partial charge in [-0.1, -0.05) is 13.8 Å². The molecule has 0 heterocycles. The fourth-order valence-electron chi connectivity index (χ4n) is 1.41. The molecule has 84 valence electrons. The van der Waals surface area contributed by atoms with Crippen molar-refractivity contribution in [2.45, 2.75) is 19.8 Å². The van der Waals surface area contributed by atoms with Gasteiger partial charge in [0.05, 0.1) is 14.2 Å². The fraction of sp³-hybridized carbons (Fsp3) is 0.455. The molecular weight excluding hydrogens is 260 g/mol. The number of methoxy groups -OCH3 is 2. The van der Waals surface area contributed by atoms with Crippen LogP contribution in [-0.2, 0) is 0 Å². The Morgan fingerprint density at radius 2 is 1.87 bits per heavy atom. The van der Waals surface area contributed by atoms with Crippen LogP contribution in [0, 0.1) is 0 Å². The van der Waals surface area contributed by atoms with Crippen molar-refractivity contribution in [1.82, 2.24) is 0 Å². The van der Waals surface area contributed by atoms with Gasteiger partial charge in [0, 0.05) is 5.56 Å². The zero-order chi connectivity index (χ0) is 11.6. The number of rotatable bonds is 3. The summed E-state index contributed by atoms with van der Waals surface area (Å²) < 4.78 is 10.9. The lowest BCUT2D eigenvalue weighted by molar-refractivity contribution is 0.359. The van der Waals surface area contributed by atoms with E-state index in [1.165, 1.54) is 7.11 Å². The first-order chi connectivity index (χ1) is 7.02. The van der Waals surface area contributed by atoms with E-state index in [-0.39, 0.29) is 5.75 Å². The van der Waals surface area contributed by atoms with Crippen molar-refractivity contribution in [3.8, 4) is 17.2 Å². The van der Waals surface area contributed by atoms with Gasteiger partial charge in [-0.3, -0.25) is 0 Å². The first kappa shape index (κ1) is 12.2. The number of halogens is 1. The number of benzene rings is 1. The number of hydrogen-bond acceptors (Lipinski definition) is 3. The molecule has 15 heavy (non-hydrogen) atoms. The van der Waals surface area contributed by atoms with Gasteiger partial charge in [0.1, 0.15) is 10.2 Å². The predicted molar refractivity (Wildman–Crippen MR) is 63.0 cm³/mol. The molecule has 1 rings (SSSR count). The second-order valence-corrected chi connectivity index (χ2v) is 4.31. The highest BCUT2D eigenvalue weighted by atomic mass is 79.9. The van der Waals surface area contributed by atoms with E-state index >= 15 is 0 Å². The van der Waals surface area contributed by atoms with Crippen LogP contribution >= 0.6 is 15.9 Å². The van der Waals surface area contributed by atoms with Gasteiger partial charge in [0.25, 0.3) is 0 Å². The SMILES string of the molecule is COc1cc(C(C)C)c(OC)c(Br)c1O. The number of phenolic OH excluding ortho intramolecular Hbond substituents is 1. The maximum absolute atomic E-state index is 9.76. The van der Waals surface area contributed by atoms with Crippen LogP contribution in [0.4, 0.5) is 0 Å². The first-order valence-corrected chi connectivity index (χ1v) is 5.45. The zero-order valence-electron chi connectivity index (χ0n) is 9.30. The van der Waals surface area contributed by atoms with Gasteiger partial charge in [-0.2, -0.15) is 0 Å². The van der Waals surface area contributed by atoms with Crippen LogP contribution in [0.15, 0.2) is 10.5 Å². The summed E-state index contributed by atoms with van der Waals surface area (Å²) in [6.45, 7) is 4.11. The van der Waals surface area contributed by atoms with Crippen molar-refractivity contribution in [1.29, 1.82) is 0 Å². The van der Waals surface area contributed by atoms with Crippen LogP contribution in [0.5, 0.6) is 17.2 Å². The Kier molecular flexibility index (Phi) is 3.85. The Labute approximate surface area is 98.1 Å². The smallest absolute Gasteiger partial charge is 0.176 e. The molecule has 3 nitrogen and oxygen atoms in total. The molecule has 0 amide bonds. The highest BCUT2D eigenvalue weighted by Crippen LogP contribution is 2.45. The van der Waals surface area contributed by atoms with E-state index in [1.807, 2.05) is 0 Å². The van der Waals surface area contributed by atoms with Gasteiger partial charge in [0.2, 0.25) is 0 Å². The molecule has 0 aliphatic heterocycles. The van der Waals surface area contributed by atoms with E-state index in [4.69, 9.17) is 9.47 Å². The summed E-state index contributed by atoms with van der Waals surface area (Å²) >= 11 is 3.30. The van der Waals surface area contributed by atoms with E-state index in [0.29, 0.717) is 21.9 Å². The third-order valence-electron chi connectivity index (χ3n) is 2.24. The largest absolute Gasteiger partial charge is 0.503 e. The number of aromatic hydroxyl groups is 1. The molecule has 1 aromatic rings. The molecule has 0 unspecified atom stereocenters. The molecule has 0 radical (unpaired) electrons. The zero-order valence-corrected chi connectivity index (χ0v) is 10.9. The fourth-order valence-corrected chi connectivity index (χ4v) is 2.00. The highest BCUT2D eigenvalue weighted by Gasteiger charge is 2.18. The van der Waals surface area contributed by atoms with Crippen LogP contribution < -0.4 is 9.47 Å². The van der Waals surface area contributed by atoms with Crippen molar-refractivity contribution < 1.29 is 14.6 Å². The lowest BCUT2D eigenvalue weighted by Crippen LogP contribution is -1.97. The van der Waals surface area contributed by atoms with Crippen LogP contribution in [0.3, 0.4) is 0 Å². The maximum Gasteiger partial charge on any atom is 0.176 e. The summed E-state index contributed by atoms with van der Waals surface area (Å²) in [5.41, 5.74) is 0.999. The summed E-state index contributed by atoms with van der Waals surface area (Å²) in [6, 6.07) is 1.80. The monoisotopic (exact) mass is 274 g/mol. The van der Waals surface area contributed by atoms with E-state index in [1.54, 1.807) is 13.2 Å².